The molecule has 2 amide bonds. The zero-order valence-electron chi connectivity index (χ0n) is 12.6. The van der Waals surface area contributed by atoms with Crippen molar-refractivity contribution in [3.63, 3.8) is 0 Å². The first-order valence-corrected chi connectivity index (χ1v) is 8.20. The minimum atomic E-state index is -0.382. The number of amides is 2. The average Bonchev–Trinajstić information content (AvgIpc) is 3.12. The highest BCUT2D eigenvalue weighted by molar-refractivity contribution is 7.97. The van der Waals surface area contributed by atoms with Crippen LogP contribution in [0.4, 0.5) is 10.5 Å². The summed E-state index contributed by atoms with van der Waals surface area (Å²) in [5.41, 5.74) is 1.93. The number of fused-ring (bicyclic) bond motifs is 1. The van der Waals surface area contributed by atoms with E-state index < -0.39 is 0 Å². The summed E-state index contributed by atoms with van der Waals surface area (Å²) in [6, 6.07) is 5.02. The lowest BCUT2D eigenvalue weighted by Crippen LogP contribution is -2.28. The number of thioether (sulfide) groups is 1. The van der Waals surface area contributed by atoms with E-state index in [0.717, 1.165) is 0 Å². The minimum absolute atomic E-state index is 0.156. The molecule has 2 N–H and O–H groups in total. The van der Waals surface area contributed by atoms with Gasteiger partial charge in [-0.2, -0.15) is 31.7 Å². The maximum absolute atomic E-state index is 12.0. The Labute approximate surface area is 135 Å². The summed E-state index contributed by atoms with van der Waals surface area (Å²) in [5, 5.41) is 17.6. The highest BCUT2D eigenvalue weighted by Crippen LogP contribution is 2.19. The SMILES string of the molecule is CSCc1noc(CNC(=O)Nc2cccc3nn(C)nc23)n1. The number of nitrogens with one attached hydrogen (secondary N) is 2. The Morgan fingerprint density at radius 1 is 1.39 bits per heavy atom. The Hall–Kier alpha value is -2.62. The third-order valence-electron chi connectivity index (χ3n) is 2.94. The van der Waals surface area contributed by atoms with Gasteiger partial charge in [-0.1, -0.05) is 11.2 Å². The molecule has 3 rings (SSSR count). The van der Waals surface area contributed by atoms with Crippen LogP contribution >= 0.6 is 11.8 Å². The van der Waals surface area contributed by atoms with Crippen molar-refractivity contribution >= 4 is 34.5 Å². The Morgan fingerprint density at radius 2 is 2.26 bits per heavy atom. The average molecular weight is 333 g/mol. The molecule has 0 radical (unpaired) electrons. The quantitative estimate of drug-likeness (QED) is 0.728. The number of hydrogen-bond acceptors (Lipinski definition) is 7. The molecule has 0 saturated heterocycles. The van der Waals surface area contributed by atoms with Crippen LogP contribution in [-0.4, -0.2) is 37.4 Å². The van der Waals surface area contributed by atoms with Gasteiger partial charge in [0.05, 0.1) is 18.0 Å². The molecule has 0 aliphatic carbocycles. The highest BCUT2D eigenvalue weighted by Gasteiger charge is 2.11. The number of carbonyl (C=O) groups excluding carboxylic acids is 1. The van der Waals surface area contributed by atoms with E-state index in [2.05, 4.69) is 31.0 Å². The van der Waals surface area contributed by atoms with E-state index in [4.69, 9.17) is 4.52 Å². The molecule has 10 heteroatoms. The third-order valence-corrected chi connectivity index (χ3v) is 3.49. The van der Waals surface area contributed by atoms with Crippen LogP contribution < -0.4 is 10.6 Å². The first-order valence-electron chi connectivity index (χ1n) is 6.81. The van der Waals surface area contributed by atoms with E-state index in [1.165, 1.54) is 4.80 Å². The Balaban J connectivity index is 1.62. The number of rotatable bonds is 5. The van der Waals surface area contributed by atoms with Crippen molar-refractivity contribution in [2.24, 2.45) is 7.05 Å². The maximum atomic E-state index is 12.0. The fraction of sp³-hybridized carbons (Fsp3) is 0.308. The van der Waals surface area contributed by atoms with Gasteiger partial charge in [0.25, 0.3) is 0 Å². The van der Waals surface area contributed by atoms with E-state index >= 15 is 0 Å². The first-order chi connectivity index (χ1) is 11.2. The molecule has 9 nitrogen and oxygen atoms in total. The van der Waals surface area contributed by atoms with Gasteiger partial charge in [0.15, 0.2) is 5.82 Å². The van der Waals surface area contributed by atoms with E-state index in [9.17, 15) is 4.79 Å². The van der Waals surface area contributed by atoms with Crippen molar-refractivity contribution < 1.29 is 9.32 Å². The summed E-state index contributed by atoms with van der Waals surface area (Å²) in [5.74, 6) is 1.64. The molecule has 3 aromatic rings. The van der Waals surface area contributed by atoms with Gasteiger partial charge in [-0.15, -0.1) is 0 Å². The smallest absolute Gasteiger partial charge is 0.319 e. The number of aromatic nitrogens is 5. The number of benzene rings is 1. The van der Waals surface area contributed by atoms with Crippen LogP contribution in [0, 0.1) is 0 Å². The summed E-state index contributed by atoms with van der Waals surface area (Å²) in [7, 11) is 1.73. The van der Waals surface area contributed by atoms with Crippen LogP contribution in [0.3, 0.4) is 0 Å². The van der Waals surface area contributed by atoms with E-state index in [-0.39, 0.29) is 12.6 Å². The van der Waals surface area contributed by atoms with Crippen LogP contribution in [0.2, 0.25) is 0 Å². The molecular weight excluding hydrogens is 318 g/mol. The second kappa shape index (κ2) is 6.65. The lowest BCUT2D eigenvalue weighted by molar-refractivity contribution is 0.249. The molecule has 0 aliphatic heterocycles. The standard InChI is InChI=1S/C13H15N7O2S/c1-20-17-9-5-3-4-8(12(9)18-20)15-13(21)14-6-11-16-10(7-23-2)19-22-11/h3-5H,6-7H2,1-2H3,(H2,14,15,21). The van der Waals surface area contributed by atoms with Crippen LogP contribution in [-0.2, 0) is 19.3 Å². The second-order valence-electron chi connectivity index (χ2n) is 4.71. The molecule has 1 aromatic carbocycles. The van der Waals surface area contributed by atoms with Gasteiger partial charge in [0, 0.05) is 7.05 Å². The number of carbonyl (C=O) groups is 1. The Morgan fingerprint density at radius 3 is 3.09 bits per heavy atom. The largest absolute Gasteiger partial charge is 0.337 e. The predicted octanol–water partition coefficient (Wildman–Crippen LogP) is 1.54. The van der Waals surface area contributed by atoms with Crippen molar-refractivity contribution in [1.82, 2.24) is 30.5 Å². The van der Waals surface area contributed by atoms with Crippen LogP contribution in [0.15, 0.2) is 22.7 Å². The van der Waals surface area contributed by atoms with Gasteiger partial charge in [-0.05, 0) is 18.4 Å². The normalized spacial score (nSPS) is 10.9. The molecule has 2 aromatic heterocycles. The molecule has 0 fully saturated rings. The number of nitrogens with zero attached hydrogens (tertiary/aromatic N) is 5. The molecule has 120 valence electrons. The van der Waals surface area contributed by atoms with Gasteiger partial charge in [0.2, 0.25) is 5.89 Å². The van der Waals surface area contributed by atoms with Crippen molar-refractivity contribution in [3.8, 4) is 0 Å². The first kappa shape index (κ1) is 15.3. The summed E-state index contributed by atoms with van der Waals surface area (Å²) >= 11 is 1.60. The van der Waals surface area contributed by atoms with Crippen LogP contribution in [0.25, 0.3) is 11.0 Å². The second-order valence-corrected chi connectivity index (χ2v) is 5.57. The summed E-state index contributed by atoms with van der Waals surface area (Å²) in [6.45, 7) is 0.156. The zero-order chi connectivity index (χ0) is 16.2. The molecular formula is C13H15N7O2S. The van der Waals surface area contributed by atoms with Crippen LogP contribution in [0.5, 0.6) is 0 Å². The third kappa shape index (κ3) is 3.59. The number of anilines is 1. The molecule has 0 atom stereocenters. The predicted molar refractivity (Wildman–Crippen MR) is 85.9 cm³/mol. The zero-order valence-corrected chi connectivity index (χ0v) is 13.4. The molecule has 0 saturated carbocycles. The molecule has 2 heterocycles. The maximum Gasteiger partial charge on any atom is 0.319 e. The molecule has 0 unspecified atom stereocenters. The minimum Gasteiger partial charge on any atom is -0.337 e. The van der Waals surface area contributed by atoms with Gasteiger partial charge in [-0.3, -0.25) is 0 Å². The summed E-state index contributed by atoms with van der Waals surface area (Å²) in [6.07, 6.45) is 1.95. The van der Waals surface area contributed by atoms with Crippen molar-refractivity contribution in [1.29, 1.82) is 0 Å². The number of urea groups is 1. The van der Waals surface area contributed by atoms with Crippen molar-refractivity contribution in [2.45, 2.75) is 12.3 Å². The number of aryl methyl sites for hydroxylation is 1. The lowest BCUT2D eigenvalue weighted by atomic mass is 10.2. The van der Waals surface area contributed by atoms with Crippen molar-refractivity contribution in [3.05, 3.63) is 29.9 Å². The fourth-order valence-corrected chi connectivity index (χ4v) is 2.39. The fourth-order valence-electron chi connectivity index (χ4n) is 2.01. The van der Waals surface area contributed by atoms with Crippen molar-refractivity contribution in [2.75, 3.05) is 11.6 Å². The summed E-state index contributed by atoms with van der Waals surface area (Å²) in [4.78, 5) is 17.6. The van der Waals surface area contributed by atoms with E-state index in [1.54, 1.807) is 30.9 Å². The Bertz CT molecular complexity index is 829. The highest BCUT2D eigenvalue weighted by atomic mass is 32.2. The van der Waals surface area contributed by atoms with Gasteiger partial charge >= 0.3 is 6.03 Å². The molecule has 0 aliphatic rings. The van der Waals surface area contributed by atoms with E-state index in [0.29, 0.717) is 34.2 Å². The van der Waals surface area contributed by atoms with Gasteiger partial charge in [0.1, 0.15) is 11.0 Å². The molecule has 0 spiro atoms. The Kier molecular flexibility index (Phi) is 4.42. The monoisotopic (exact) mass is 333 g/mol. The lowest BCUT2D eigenvalue weighted by Gasteiger charge is -2.05. The molecule has 0 bridgehead atoms. The van der Waals surface area contributed by atoms with Crippen LogP contribution in [0.1, 0.15) is 11.7 Å². The topological polar surface area (TPSA) is 111 Å². The van der Waals surface area contributed by atoms with Gasteiger partial charge < -0.3 is 15.2 Å². The summed E-state index contributed by atoms with van der Waals surface area (Å²) < 4.78 is 5.05. The molecule has 23 heavy (non-hydrogen) atoms. The van der Waals surface area contributed by atoms with Gasteiger partial charge in [-0.25, -0.2) is 4.79 Å². The van der Waals surface area contributed by atoms with E-state index in [1.807, 2.05) is 12.3 Å². The number of hydrogen-bond donors (Lipinski definition) is 2.